The largest absolute Gasteiger partial charge is 0.381 e. The lowest BCUT2D eigenvalue weighted by atomic mass is 9.81. The van der Waals surface area contributed by atoms with E-state index < -0.39 is 0 Å². The maximum atomic E-state index is 6.12. The van der Waals surface area contributed by atoms with Gasteiger partial charge in [0.25, 0.3) is 0 Å². The van der Waals surface area contributed by atoms with Crippen molar-refractivity contribution in [2.45, 2.75) is 78.1 Å². The van der Waals surface area contributed by atoms with E-state index in [1.54, 1.807) is 0 Å². The standard InChI is InChI=1S/C18H35NO3/c1-9-14(2)19(7)22-18(5,6)13-16(20-8)15-10-11-21-17(3,4)12-15/h9,15-16H,10-13H2,1-8H3. The first-order valence-corrected chi connectivity index (χ1v) is 8.33. The van der Waals surface area contributed by atoms with Crippen LogP contribution >= 0.6 is 0 Å². The number of ether oxygens (including phenoxy) is 2. The molecule has 0 spiro atoms. The predicted octanol–water partition coefficient (Wildman–Crippen LogP) is 4.16. The molecule has 2 unspecified atom stereocenters. The summed E-state index contributed by atoms with van der Waals surface area (Å²) in [6.45, 7) is 13.5. The molecule has 0 aliphatic carbocycles. The lowest BCUT2D eigenvalue weighted by molar-refractivity contribution is -0.216. The highest BCUT2D eigenvalue weighted by atomic mass is 16.7. The third-order valence-corrected chi connectivity index (χ3v) is 4.56. The maximum Gasteiger partial charge on any atom is 0.0931 e. The molecule has 0 N–H and O–H groups in total. The van der Waals surface area contributed by atoms with Gasteiger partial charge in [-0.3, -0.25) is 9.90 Å². The van der Waals surface area contributed by atoms with Crippen molar-refractivity contribution in [3.63, 3.8) is 0 Å². The van der Waals surface area contributed by atoms with Crippen molar-refractivity contribution < 1.29 is 14.3 Å². The number of hydrogen-bond donors (Lipinski definition) is 0. The molecule has 2 atom stereocenters. The molecule has 4 nitrogen and oxygen atoms in total. The second kappa shape index (κ2) is 7.80. The van der Waals surface area contributed by atoms with Crippen molar-refractivity contribution in [3.05, 3.63) is 11.8 Å². The second-order valence-electron chi connectivity index (χ2n) is 7.62. The molecule has 0 amide bonds. The molecule has 4 heteroatoms. The van der Waals surface area contributed by atoms with Gasteiger partial charge in [-0.2, -0.15) is 0 Å². The Kier molecular flexibility index (Phi) is 6.90. The fourth-order valence-corrected chi connectivity index (χ4v) is 3.19. The highest BCUT2D eigenvalue weighted by molar-refractivity contribution is 4.92. The Labute approximate surface area is 136 Å². The molecular weight excluding hydrogens is 278 g/mol. The Morgan fingerprint density at radius 2 is 2.09 bits per heavy atom. The third kappa shape index (κ3) is 5.90. The smallest absolute Gasteiger partial charge is 0.0931 e. The number of methoxy groups -OCH3 is 1. The number of allylic oxidation sites excluding steroid dienone is 2. The Balaban J connectivity index is 2.67. The van der Waals surface area contributed by atoms with E-state index >= 15 is 0 Å². The number of rotatable bonds is 7. The zero-order valence-electron chi connectivity index (χ0n) is 15.7. The van der Waals surface area contributed by atoms with Gasteiger partial charge in [-0.25, -0.2) is 0 Å². The van der Waals surface area contributed by atoms with Crippen LogP contribution in [0.15, 0.2) is 11.8 Å². The summed E-state index contributed by atoms with van der Waals surface area (Å²) in [6, 6.07) is 0. The van der Waals surface area contributed by atoms with Gasteiger partial charge in [0.2, 0.25) is 0 Å². The Morgan fingerprint density at radius 3 is 2.59 bits per heavy atom. The summed E-state index contributed by atoms with van der Waals surface area (Å²) in [4.78, 5) is 6.12. The zero-order chi connectivity index (χ0) is 17.0. The summed E-state index contributed by atoms with van der Waals surface area (Å²) in [6.07, 6.45) is 5.20. The van der Waals surface area contributed by atoms with Crippen LogP contribution in [-0.2, 0) is 14.3 Å². The van der Waals surface area contributed by atoms with Crippen LogP contribution in [0.4, 0.5) is 0 Å². The molecule has 1 heterocycles. The van der Waals surface area contributed by atoms with Crippen molar-refractivity contribution in [3.8, 4) is 0 Å². The molecule has 22 heavy (non-hydrogen) atoms. The summed E-state index contributed by atoms with van der Waals surface area (Å²) in [5.74, 6) is 0.518. The van der Waals surface area contributed by atoms with E-state index in [2.05, 4.69) is 27.7 Å². The lowest BCUT2D eigenvalue weighted by Crippen LogP contribution is -2.43. The van der Waals surface area contributed by atoms with E-state index in [4.69, 9.17) is 14.3 Å². The topological polar surface area (TPSA) is 30.9 Å². The molecule has 1 rings (SSSR count). The fourth-order valence-electron chi connectivity index (χ4n) is 3.19. The zero-order valence-corrected chi connectivity index (χ0v) is 15.7. The van der Waals surface area contributed by atoms with Crippen molar-refractivity contribution >= 4 is 0 Å². The average molecular weight is 313 g/mol. The predicted molar refractivity (Wildman–Crippen MR) is 90.5 cm³/mol. The monoisotopic (exact) mass is 313 g/mol. The number of nitrogens with zero attached hydrogens (tertiary/aromatic N) is 1. The molecular formula is C18H35NO3. The molecule has 0 aromatic heterocycles. The molecule has 0 bridgehead atoms. The average Bonchev–Trinajstić information content (AvgIpc) is 2.42. The van der Waals surface area contributed by atoms with Gasteiger partial charge in [-0.1, -0.05) is 6.08 Å². The first kappa shape index (κ1) is 19.5. The van der Waals surface area contributed by atoms with Gasteiger partial charge < -0.3 is 9.47 Å². The van der Waals surface area contributed by atoms with Gasteiger partial charge in [0.15, 0.2) is 0 Å². The van der Waals surface area contributed by atoms with Crippen LogP contribution in [0.2, 0.25) is 0 Å². The quantitative estimate of drug-likeness (QED) is 0.660. The molecule has 1 aliphatic heterocycles. The third-order valence-electron chi connectivity index (χ3n) is 4.56. The van der Waals surface area contributed by atoms with Crippen LogP contribution in [0.1, 0.15) is 60.8 Å². The fraction of sp³-hybridized carbons (Fsp3) is 0.889. The van der Waals surface area contributed by atoms with Crippen LogP contribution in [0.5, 0.6) is 0 Å². The Morgan fingerprint density at radius 1 is 1.45 bits per heavy atom. The second-order valence-corrected chi connectivity index (χ2v) is 7.62. The van der Waals surface area contributed by atoms with Gasteiger partial charge in [0, 0.05) is 32.9 Å². The molecule has 0 aromatic rings. The normalized spacial score (nSPS) is 24.2. The molecule has 130 valence electrons. The lowest BCUT2D eigenvalue weighted by Gasteiger charge is -2.41. The molecule has 0 radical (unpaired) electrons. The minimum atomic E-state index is -0.276. The van der Waals surface area contributed by atoms with Gasteiger partial charge in [-0.15, -0.1) is 0 Å². The number of hydroxylamine groups is 2. The van der Waals surface area contributed by atoms with Crippen molar-refractivity contribution in [2.24, 2.45) is 5.92 Å². The highest BCUT2D eigenvalue weighted by Gasteiger charge is 2.37. The van der Waals surface area contributed by atoms with E-state index in [1.807, 2.05) is 39.1 Å². The summed E-state index contributed by atoms with van der Waals surface area (Å²) in [5, 5.41) is 1.85. The first-order chi connectivity index (χ1) is 10.1. The molecule has 1 aliphatic rings. The summed E-state index contributed by atoms with van der Waals surface area (Å²) < 4.78 is 11.6. The Bertz CT molecular complexity index is 377. The SMILES string of the molecule is CC=C(C)N(C)OC(C)(C)CC(OC)C1CCOC(C)(C)C1. The van der Waals surface area contributed by atoms with E-state index in [9.17, 15) is 0 Å². The van der Waals surface area contributed by atoms with Gasteiger partial charge in [-0.05, 0) is 60.3 Å². The van der Waals surface area contributed by atoms with Crippen LogP contribution in [0.3, 0.4) is 0 Å². The van der Waals surface area contributed by atoms with Gasteiger partial charge in [0.1, 0.15) is 0 Å². The molecule has 0 aromatic carbocycles. The molecule has 0 saturated carbocycles. The summed E-state index contributed by atoms with van der Waals surface area (Å²) >= 11 is 0. The van der Waals surface area contributed by atoms with E-state index in [1.165, 1.54) is 0 Å². The summed E-state index contributed by atoms with van der Waals surface area (Å²) in [7, 11) is 3.76. The molecule has 1 fully saturated rings. The maximum absolute atomic E-state index is 6.12. The summed E-state index contributed by atoms with van der Waals surface area (Å²) in [5.41, 5.74) is 0.778. The van der Waals surface area contributed by atoms with Crippen molar-refractivity contribution in [1.29, 1.82) is 0 Å². The van der Waals surface area contributed by atoms with Crippen LogP contribution < -0.4 is 0 Å². The first-order valence-electron chi connectivity index (χ1n) is 8.33. The molecule has 1 saturated heterocycles. The minimum Gasteiger partial charge on any atom is -0.381 e. The van der Waals surface area contributed by atoms with E-state index in [0.717, 1.165) is 31.6 Å². The van der Waals surface area contributed by atoms with Crippen molar-refractivity contribution in [1.82, 2.24) is 5.06 Å². The van der Waals surface area contributed by atoms with Gasteiger partial charge >= 0.3 is 0 Å². The Hall–Kier alpha value is -0.580. The van der Waals surface area contributed by atoms with E-state index in [0.29, 0.717) is 5.92 Å². The highest BCUT2D eigenvalue weighted by Crippen LogP contribution is 2.35. The minimum absolute atomic E-state index is 0.0526. The van der Waals surface area contributed by atoms with Gasteiger partial charge in [0.05, 0.1) is 17.3 Å². The van der Waals surface area contributed by atoms with Crippen LogP contribution in [0.25, 0.3) is 0 Å². The van der Waals surface area contributed by atoms with Crippen LogP contribution in [-0.4, -0.2) is 43.1 Å². The number of hydrogen-bond acceptors (Lipinski definition) is 4. The van der Waals surface area contributed by atoms with Crippen molar-refractivity contribution in [2.75, 3.05) is 20.8 Å². The van der Waals surface area contributed by atoms with Crippen LogP contribution in [0, 0.1) is 5.92 Å². The van der Waals surface area contributed by atoms with E-state index in [-0.39, 0.29) is 17.3 Å².